The first kappa shape index (κ1) is 14.3. The molecule has 1 unspecified atom stereocenters. The standard InChI is InChI=1S/C16H17N3O3/c20-15-8-14(18-7-6-13(11-18)16(21)22)9-17-19(15)10-12-4-2-1-3-5-12/h1-5,8-9,13H,6-7,10-11H2,(H,21,22). The Hall–Kier alpha value is -2.63. The Bertz CT molecular complexity index is 727. The Morgan fingerprint density at radius 3 is 2.73 bits per heavy atom. The highest BCUT2D eigenvalue weighted by Crippen LogP contribution is 2.22. The van der Waals surface area contributed by atoms with Gasteiger partial charge in [0.25, 0.3) is 5.56 Å². The van der Waals surface area contributed by atoms with Crippen LogP contribution in [0.5, 0.6) is 0 Å². The van der Waals surface area contributed by atoms with Crippen LogP contribution in [0.1, 0.15) is 12.0 Å². The number of benzene rings is 1. The van der Waals surface area contributed by atoms with Gasteiger partial charge >= 0.3 is 5.97 Å². The van der Waals surface area contributed by atoms with Gasteiger partial charge in [-0.3, -0.25) is 9.59 Å². The molecule has 0 amide bonds. The van der Waals surface area contributed by atoms with E-state index in [2.05, 4.69) is 5.10 Å². The van der Waals surface area contributed by atoms with Crippen molar-refractivity contribution in [3.05, 3.63) is 58.5 Å². The van der Waals surface area contributed by atoms with Crippen molar-refractivity contribution in [2.24, 2.45) is 5.92 Å². The molecule has 1 atom stereocenters. The van der Waals surface area contributed by atoms with Gasteiger partial charge in [-0.2, -0.15) is 5.10 Å². The molecule has 1 aliphatic heterocycles. The van der Waals surface area contributed by atoms with Crippen LogP contribution >= 0.6 is 0 Å². The molecule has 0 radical (unpaired) electrons. The number of aromatic nitrogens is 2. The average molecular weight is 299 g/mol. The Balaban J connectivity index is 1.76. The van der Waals surface area contributed by atoms with E-state index >= 15 is 0 Å². The lowest BCUT2D eigenvalue weighted by Crippen LogP contribution is -2.27. The van der Waals surface area contributed by atoms with Crippen molar-refractivity contribution in [2.45, 2.75) is 13.0 Å². The number of carboxylic acids is 1. The van der Waals surface area contributed by atoms with Crippen LogP contribution in [0.15, 0.2) is 47.4 Å². The maximum Gasteiger partial charge on any atom is 0.308 e. The van der Waals surface area contributed by atoms with E-state index in [1.807, 2.05) is 35.2 Å². The normalized spacial score (nSPS) is 17.6. The van der Waals surface area contributed by atoms with E-state index < -0.39 is 5.97 Å². The van der Waals surface area contributed by atoms with Crippen LogP contribution in [0.2, 0.25) is 0 Å². The summed E-state index contributed by atoms with van der Waals surface area (Å²) in [4.78, 5) is 25.1. The van der Waals surface area contributed by atoms with Gasteiger partial charge in [-0.15, -0.1) is 0 Å². The zero-order chi connectivity index (χ0) is 15.5. The minimum absolute atomic E-state index is 0.180. The molecule has 6 heteroatoms. The molecule has 0 bridgehead atoms. The molecule has 1 N–H and O–H groups in total. The fraction of sp³-hybridized carbons (Fsp3) is 0.312. The predicted molar refractivity (Wildman–Crippen MR) is 82.0 cm³/mol. The van der Waals surface area contributed by atoms with Crippen molar-refractivity contribution in [3.8, 4) is 0 Å². The average Bonchev–Trinajstić information content (AvgIpc) is 3.00. The molecule has 2 aromatic rings. The third-order valence-corrected chi connectivity index (χ3v) is 3.93. The molecular formula is C16H17N3O3. The fourth-order valence-electron chi connectivity index (χ4n) is 2.67. The summed E-state index contributed by atoms with van der Waals surface area (Å²) in [5.41, 5.74) is 1.52. The number of carboxylic acid groups (broad SMARTS) is 1. The SMILES string of the molecule is O=C(O)C1CCN(c2cnn(Cc3ccccc3)c(=O)c2)C1. The molecule has 22 heavy (non-hydrogen) atoms. The monoisotopic (exact) mass is 299 g/mol. The summed E-state index contributed by atoms with van der Waals surface area (Å²) in [6, 6.07) is 11.2. The number of aliphatic carboxylic acids is 1. The molecule has 1 aromatic carbocycles. The van der Waals surface area contributed by atoms with Crippen molar-refractivity contribution in [1.82, 2.24) is 9.78 Å². The van der Waals surface area contributed by atoms with E-state index in [0.717, 1.165) is 5.56 Å². The van der Waals surface area contributed by atoms with Crippen LogP contribution in [-0.4, -0.2) is 33.9 Å². The van der Waals surface area contributed by atoms with Gasteiger partial charge in [-0.1, -0.05) is 30.3 Å². The Kier molecular flexibility index (Phi) is 3.91. The van der Waals surface area contributed by atoms with Crippen molar-refractivity contribution in [2.75, 3.05) is 18.0 Å². The van der Waals surface area contributed by atoms with Crippen molar-refractivity contribution in [3.63, 3.8) is 0 Å². The molecule has 6 nitrogen and oxygen atoms in total. The van der Waals surface area contributed by atoms with Crippen LogP contribution in [0.3, 0.4) is 0 Å². The number of hydrogen-bond donors (Lipinski definition) is 1. The summed E-state index contributed by atoms with van der Waals surface area (Å²) in [5.74, 6) is -1.15. The molecule has 1 aliphatic rings. The maximum atomic E-state index is 12.2. The van der Waals surface area contributed by atoms with Crippen LogP contribution in [0.4, 0.5) is 5.69 Å². The lowest BCUT2D eigenvalue weighted by Gasteiger charge is -2.17. The minimum Gasteiger partial charge on any atom is -0.481 e. The van der Waals surface area contributed by atoms with Crippen molar-refractivity contribution < 1.29 is 9.90 Å². The molecule has 0 aliphatic carbocycles. The maximum absolute atomic E-state index is 12.2. The van der Waals surface area contributed by atoms with E-state index in [1.54, 1.807) is 6.20 Å². The van der Waals surface area contributed by atoms with Gasteiger partial charge in [-0.25, -0.2) is 4.68 Å². The lowest BCUT2D eigenvalue weighted by atomic mass is 10.1. The van der Waals surface area contributed by atoms with Crippen LogP contribution in [0, 0.1) is 5.92 Å². The van der Waals surface area contributed by atoms with Gasteiger partial charge < -0.3 is 10.0 Å². The highest BCUT2D eigenvalue weighted by atomic mass is 16.4. The second kappa shape index (κ2) is 6.01. The summed E-state index contributed by atoms with van der Waals surface area (Å²) < 4.78 is 1.41. The van der Waals surface area contributed by atoms with Crippen LogP contribution < -0.4 is 10.5 Å². The molecular weight excluding hydrogens is 282 g/mol. The molecule has 1 saturated heterocycles. The van der Waals surface area contributed by atoms with E-state index in [1.165, 1.54) is 10.7 Å². The zero-order valence-corrected chi connectivity index (χ0v) is 12.1. The van der Waals surface area contributed by atoms with Gasteiger partial charge in [-0.05, 0) is 12.0 Å². The number of nitrogens with zero attached hydrogens (tertiary/aromatic N) is 3. The molecule has 1 fully saturated rings. The smallest absolute Gasteiger partial charge is 0.308 e. The summed E-state index contributed by atoms with van der Waals surface area (Å²) in [6.07, 6.45) is 2.23. The first-order valence-corrected chi connectivity index (χ1v) is 7.22. The summed E-state index contributed by atoms with van der Waals surface area (Å²) in [5, 5.41) is 13.2. The van der Waals surface area contributed by atoms with E-state index in [-0.39, 0.29) is 11.5 Å². The van der Waals surface area contributed by atoms with Gasteiger partial charge in [0.15, 0.2) is 0 Å². The Labute approximate surface area is 127 Å². The van der Waals surface area contributed by atoms with Gasteiger partial charge in [0.05, 0.1) is 24.3 Å². The van der Waals surface area contributed by atoms with Gasteiger partial charge in [0.2, 0.25) is 0 Å². The van der Waals surface area contributed by atoms with E-state index in [9.17, 15) is 9.59 Å². The number of hydrogen-bond acceptors (Lipinski definition) is 4. The number of rotatable bonds is 4. The fourth-order valence-corrected chi connectivity index (χ4v) is 2.67. The second-order valence-corrected chi connectivity index (χ2v) is 5.47. The molecule has 114 valence electrons. The van der Waals surface area contributed by atoms with Crippen molar-refractivity contribution >= 4 is 11.7 Å². The third kappa shape index (κ3) is 3.00. The highest BCUT2D eigenvalue weighted by molar-refractivity contribution is 5.72. The van der Waals surface area contributed by atoms with Gasteiger partial charge in [0.1, 0.15) is 0 Å². The van der Waals surface area contributed by atoms with Gasteiger partial charge in [0, 0.05) is 19.2 Å². The first-order chi connectivity index (χ1) is 10.6. The third-order valence-electron chi connectivity index (χ3n) is 3.93. The molecule has 2 heterocycles. The number of carbonyl (C=O) groups is 1. The topological polar surface area (TPSA) is 75.4 Å². The first-order valence-electron chi connectivity index (χ1n) is 7.22. The lowest BCUT2D eigenvalue weighted by molar-refractivity contribution is -0.140. The molecule has 0 saturated carbocycles. The Morgan fingerprint density at radius 1 is 1.32 bits per heavy atom. The molecule has 0 spiro atoms. The summed E-state index contributed by atoms with van der Waals surface area (Å²) in [6.45, 7) is 1.50. The summed E-state index contributed by atoms with van der Waals surface area (Å²) >= 11 is 0. The predicted octanol–water partition coefficient (Wildman–Crippen LogP) is 1.20. The second-order valence-electron chi connectivity index (χ2n) is 5.47. The zero-order valence-electron chi connectivity index (χ0n) is 12.1. The number of anilines is 1. The molecule has 3 rings (SSSR count). The minimum atomic E-state index is -0.784. The highest BCUT2D eigenvalue weighted by Gasteiger charge is 2.28. The van der Waals surface area contributed by atoms with E-state index in [4.69, 9.17) is 5.11 Å². The quantitative estimate of drug-likeness (QED) is 0.918. The Morgan fingerprint density at radius 2 is 2.09 bits per heavy atom. The van der Waals surface area contributed by atoms with Crippen LogP contribution in [-0.2, 0) is 11.3 Å². The van der Waals surface area contributed by atoms with E-state index in [0.29, 0.717) is 31.7 Å². The largest absolute Gasteiger partial charge is 0.481 e. The summed E-state index contributed by atoms with van der Waals surface area (Å²) in [7, 11) is 0. The van der Waals surface area contributed by atoms with Crippen molar-refractivity contribution in [1.29, 1.82) is 0 Å². The molecule has 1 aromatic heterocycles. The van der Waals surface area contributed by atoms with Crippen LogP contribution in [0.25, 0.3) is 0 Å².